The zero-order valence-corrected chi connectivity index (χ0v) is 20.0. The summed E-state index contributed by atoms with van der Waals surface area (Å²) < 4.78 is 11.2. The van der Waals surface area contributed by atoms with Gasteiger partial charge < -0.3 is 9.47 Å². The molecule has 0 spiro atoms. The molecule has 0 N–H and O–H groups in total. The number of carbonyl (C=O) groups is 4. The van der Waals surface area contributed by atoms with Gasteiger partial charge in [-0.25, -0.2) is 0 Å². The van der Waals surface area contributed by atoms with Crippen molar-refractivity contribution in [3.05, 3.63) is 0 Å². The van der Waals surface area contributed by atoms with Crippen LogP contribution in [0, 0.1) is 29.6 Å². The van der Waals surface area contributed by atoms with Gasteiger partial charge in [-0.3, -0.25) is 19.2 Å². The zero-order chi connectivity index (χ0) is 23.3. The molecule has 0 heterocycles. The predicted molar refractivity (Wildman–Crippen MR) is 117 cm³/mol. The number of Topliss-reactive ketones (excluding diaryl/α,β-unsaturated/α-hetero) is 4. The Balaban J connectivity index is 3.87. The van der Waals surface area contributed by atoms with Gasteiger partial charge in [0.15, 0.2) is 0 Å². The molecule has 0 fully saturated rings. The minimum atomic E-state index is -0.273. The Kier molecular flexibility index (Phi) is 14.7. The molecule has 0 aromatic carbocycles. The van der Waals surface area contributed by atoms with Crippen LogP contribution in [0.15, 0.2) is 0 Å². The maximum atomic E-state index is 12.0. The van der Waals surface area contributed by atoms with Crippen LogP contribution in [-0.4, -0.2) is 49.6 Å². The SMILES string of the molecule is CC(CCCOCC(C)C(=O)CC(=O)C(C)C)COCC(C)C(=O)CC(=O)C(C)C. The van der Waals surface area contributed by atoms with Gasteiger partial charge in [0.2, 0.25) is 0 Å². The summed E-state index contributed by atoms with van der Waals surface area (Å²) in [6.07, 6.45) is 1.75. The molecule has 0 aromatic heterocycles. The van der Waals surface area contributed by atoms with Gasteiger partial charge in [-0.05, 0) is 18.8 Å². The molecular weight excluding hydrogens is 384 g/mol. The predicted octanol–water partition coefficient (Wildman–Crippen LogP) is 4.08. The van der Waals surface area contributed by atoms with Crippen LogP contribution in [0.2, 0.25) is 0 Å². The lowest BCUT2D eigenvalue weighted by Crippen LogP contribution is -2.23. The van der Waals surface area contributed by atoms with E-state index < -0.39 is 0 Å². The Labute approximate surface area is 182 Å². The van der Waals surface area contributed by atoms with Crippen molar-refractivity contribution in [2.24, 2.45) is 29.6 Å². The molecule has 3 atom stereocenters. The maximum absolute atomic E-state index is 12.0. The van der Waals surface area contributed by atoms with Gasteiger partial charge in [0, 0.05) is 36.9 Å². The second-order valence-electron chi connectivity index (χ2n) is 9.19. The molecule has 0 aliphatic rings. The van der Waals surface area contributed by atoms with Gasteiger partial charge >= 0.3 is 0 Å². The minimum absolute atomic E-state index is 0.0108. The molecule has 6 nitrogen and oxygen atoms in total. The molecule has 0 bridgehead atoms. The Hall–Kier alpha value is -1.40. The fraction of sp³-hybridized carbons (Fsp3) is 0.833. The highest BCUT2D eigenvalue weighted by molar-refractivity contribution is 6.01. The number of hydrogen-bond acceptors (Lipinski definition) is 6. The van der Waals surface area contributed by atoms with Crippen LogP contribution in [0.3, 0.4) is 0 Å². The molecule has 0 aromatic rings. The largest absolute Gasteiger partial charge is 0.381 e. The molecule has 30 heavy (non-hydrogen) atoms. The van der Waals surface area contributed by atoms with E-state index in [1.54, 1.807) is 41.5 Å². The molecule has 3 unspecified atom stereocenters. The Morgan fingerprint density at radius 2 is 1.03 bits per heavy atom. The second-order valence-corrected chi connectivity index (χ2v) is 9.19. The topological polar surface area (TPSA) is 86.7 Å². The normalized spacial score (nSPS) is 14.6. The van der Waals surface area contributed by atoms with Crippen LogP contribution in [0.1, 0.15) is 74.1 Å². The van der Waals surface area contributed by atoms with E-state index >= 15 is 0 Å². The molecule has 0 saturated heterocycles. The van der Waals surface area contributed by atoms with Gasteiger partial charge in [-0.1, -0.05) is 48.5 Å². The number of carbonyl (C=O) groups excluding carboxylic acids is 4. The van der Waals surface area contributed by atoms with Crippen LogP contribution in [0.25, 0.3) is 0 Å². The highest BCUT2D eigenvalue weighted by Gasteiger charge is 2.20. The van der Waals surface area contributed by atoms with E-state index in [2.05, 4.69) is 6.92 Å². The first kappa shape index (κ1) is 28.6. The average Bonchev–Trinajstić information content (AvgIpc) is 2.66. The average molecular weight is 427 g/mol. The third kappa shape index (κ3) is 13.0. The molecular formula is C24H42O6. The molecule has 174 valence electrons. The minimum Gasteiger partial charge on any atom is -0.381 e. The fourth-order valence-electron chi connectivity index (χ4n) is 2.61. The van der Waals surface area contributed by atoms with Gasteiger partial charge in [-0.2, -0.15) is 0 Å². The van der Waals surface area contributed by atoms with Crippen LogP contribution in [0.5, 0.6) is 0 Å². The first-order valence-electron chi connectivity index (χ1n) is 11.2. The molecule has 0 amide bonds. The monoisotopic (exact) mass is 426 g/mol. The van der Waals surface area contributed by atoms with Crippen molar-refractivity contribution in [1.29, 1.82) is 0 Å². The van der Waals surface area contributed by atoms with E-state index in [1.165, 1.54) is 0 Å². The van der Waals surface area contributed by atoms with Crippen molar-refractivity contribution in [1.82, 2.24) is 0 Å². The van der Waals surface area contributed by atoms with Crippen LogP contribution >= 0.6 is 0 Å². The van der Waals surface area contributed by atoms with Crippen molar-refractivity contribution in [3.63, 3.8) is 0 Å². The van der Waals surface area contributed by atoms with Gasteiger partial charge in [0.25, 0.3) is 0 Å². The quantitative estimate of drug-likeness (QED) is 0.242. The van der Waals surface area contributed by atoms with Crippen LogP contribution in [-0.2, 0) is 28.7 Å². The summed E-state index contributed by atoms with van der Waals surface area (Å²) in [5.41, 5.74) is 0. The van der Waals surface area contributed by atoms with Gasteiger partial charge in [0.05, 0.1) is 26.1 Å². The van der Waals surface area contributed by atoms with Gasteiger partial charge in [-0.15, -0.1) is 0 Å². The van der Waals surface area contributed by atoms with Crippen molar-refractivity contribution in [3.8, 4) is 0 Å². The van der Waals surface area contributed by atoms with Crippen molar-refractivity contribution in [2.45, 2.75) is 74.1 Å². The summed E-state index contributed by atoms with van der Waals surface area (Å²) in [5, 5.41) is 0. The fourth-order valence-corrected chi connectivity index (χ4v) is 2.61. The lowest BCUT2D eigenvalue weighted by Gasteiger charge is -2.16. The lowest BCUT2D eigenvalue weighted by atomic mass is 9.97. The van der Waals surface area contributed by atoms with E-state index in [0.29, 0.717) is 32.3 Å². The zero-order valence-electron chi connectivity index (χ0n) is 20.0. The number of hydrogen-bond donors (Lipinski definition) is 0. The van der Waals surface area contributed by atoms with E-state index in [9.17, 15) is 19.2 Å². The van der Waals surface area contributed by atoms with Crippen LogP contribution < -0.4 is 0 Å². The molecule has 0 saturated carbocycles. The molecule has 0 aliphatic heterocycles. The van der Waals surface area contributed by atoms with Gasteiger partial charge in [0.1, 0.15) is 23.1 Å². The van der Waals surface area contributed by atoms with E-state index in [4.69, 9.17) is 9.47 Å². The Morgan fingerprint density at radius 3 is 1.47 bits per heavy atom. The highest BCUT2D eigenvalue weighted by atomic mass is 16.5. The Bertz CT molecular complexity index is 552. The Morgan fingerprint density at radius 1 is 0.600 bits per heavy atom. The third-order valence-corrected chi connectivity index (χ3v) is 5.21. The molecule has 0 rings (SSSR count). The summed E-state index contributed by atoms with van der Waals surface area (Å²) in [7, 11) is 0. The van der Waals surface area contributed by atoms with E-state index in [1.807, 2.05) is 0 Å². The number of rotatable bonds is 18. The summed E-state index contributed by atoms with van der Waals surface area (Å²) in [5.74, 6) is -0.619. The smallest absolute Gasteiger partial charge is 0.145 e. The first-order valence-corrected chi connectivity index (χ1v) is 11.2. The second kappa shape index (κ2) is 15.4. The number of ether oxygens (including phenoxy) is 2. The van der Waals surface area contributed by atoms with Crippen molar-refractivity contribution < 1.29 is 28.7 Å². The standard InChI is InChI=1S/C24H42O6/c1-16(2)21(25)11-23(27)19(6)14-29-10-8-9-18(5)13-30-15-20(7)24(28)12-22(26)17(3)4/h16-20H,8-15H2,1-7H3. The third-order valence-electron chi connectivity index (χ3n) is 5.21. The molecule has 6 heteroatoms. The summed E-state index contributed by atoms with van der Waals surface area (Å²) >= 11 is 0. The van der Waals surface area contributed by atoms with Crippen molar-refractivity contribution >= 4 is 23.1 Å². The summed E-state index contributed by atoms with van der Waals surface area (Å²) in [6.45, 7) is 14.7. The van der Waals surface area contributed by atoms with E-state index in [-0.39, 0.29) is 59.6 Å². The lowest BCUT2D eigenvalue weighted by molar-refractivity contribution is -0.133. The van der Waals surface area contributed by atoms with E-state index in [0.717, 1.165) is 12.8 Å². The first-order chi connectivity index (χ1) is 14.0. The van der Waals surface area contributed by atoms with Crippen molar-refractivity contribution in [2.75, 3.05) is 26.4 Å². The van der Waals surface area contributed by atoms with Crippen LogP contribution in [0.4, 0.5) is 0 Å². The summed E-state index contributed by atoms with van der Waals surface area (Å²) in [6, 6.07) is 0. The summed E-state index contributed by atoms with van der Waals surface area (Å²) in [4.78, 5) is 47.3. The number of ketones is 4. The molecule has 0 radical (unpaired) electrons. The molecule has 0 aliphatic carbocycles. The highest BCUT2D eigenvalue weighted by Crippen LogP contribution is 2.11. The maximum Gasteiger partial charge on any atom is 0.145 e.